The molecule has 105 valence electrons. The number of hydrogen-bond donors (Lipinski definition) is 2. The molecule has 0 aliphatic carbocycles. The molecule has 0 aromatic heterocycles. The molecule has 7 heteroatoms. The van der Waals surface area contributed by atoms with E-state index in [-0.39, 0.29) is 17.1 Å². The van der Waals surface area contributed by atoms with Gasteiger partial charge in [0.2, 0.25) is 0 Å². The van der Waals surface area contributed by atoms with Gasteiger partial charge in [-0.3, -0.25) is 0 Å². The second-order valence-electron chi connectivity index (χ2n) is 1.06. The van der Waals surface area contributed by atoms with E-state index >= 15 is 0 Å². The molecule has 0 aromatic rings. The Bertz CT molecular complexity index is 133. The number of hydrogen-bond acceptors (Lipinski definition) is 6. The van der Waals surface area contributed by atoms with Crippen LogP contribution in [-0.4, -0.2) is 35.4 Å². The van der Waals surface area contributed by atoms with Gasteiger partial charge in [-0.1, -0.05) is 0 Å². The van der Waals surface area contributed by atoms with Crippen LogP contribution in [0.3, 0.4) is 0 Å². The van der Waals surface area contributed by atoms with Gasteiger partial charge in [0.05, 0.1) is 25.2 Å². The van der Waals surface area contributed by atoms with E-state index in [1.165, 1.54) is 0 Å². The van der Waals surface area contributed by atoms with Crippen molar-refractivity contribution in [2.24, 2.45) is 0 Å². The number of carbonyl (C=O) groups excluding carboxylic acids is 2. The first kappa shape index (κ1) is 36.1. The normalized spacial score (nSPS) is 5.06. The third kappa shape index (κ3) is 343. The Morgan fingerprint density at radius 3 is 0.824 bits per heavy atom. The third-order valence-electron chi connectivity index (χ3n) is 0.258. The molecule has 0 heterocycles. The van der Waals surface area contributed by atoms with Crippen molar-refractivity contribution >= 4 is 11.9 Å². The maximum absolute atomic E-state index is 9.01. The van der Waals surface area contributed by atoms with Crippen LogP contribution in [0, 0.1) is 0 Å². The van der Waals surface area contributed by atoms with Crippen LogP contribution in [0.5, 0.6) is 0 Å². The van der Waals surface area contributed by atoms with E-state index in [0.29, 0.717) is 0 Å². The fourth-order valence-corrected chi connectivity index (χ4v) is 0. The molecule has 0 saturated heterocycles. The smallest absolute Gasteiger partial charge is 0.548 e. The summed E-state index contributed by atoms with van der Waals surface area (Å²) in [6, 6.07) is 0. The van der Waals surface area contributed by atoms with E-state index < -0.39 is 25.2 Å². The summed E-state index contributed by atoms with van der Waals surface area (Å²) in [4.78, 5) is 18.0. The summed E-state index contributed by atoms with van der Waals surface area (Å²) in [6.45, 7) is 16.2. The van der Waals surface area contributed by atoms with Crippen LogP contribution in [0.1, 0.15) is 0 Å². The van der Waals surface area contributed by atoms with E-state index in [1.54, 1.807) is 0 Å². The number of aliphatic hydroxyl groups excluding tert-OH is 2. The Labute approximate surface area is 112 Å². The maximum atomic E-state index is 9.01. The average molecular weight is 298 g/mol. The molecule has 17 heavy (non-hydrogen) atoms. The zero-order valence-corrected chi connectivity index (χ0v) is 10.4. The molecular weight excluding hydrogens is 280 g/mol. The Morgan fingerprint density at radius 2 is 0.824 bits per heavy atom. The van der Waals surface area contributed by atoms with Gasteiger partial charge >= 0.3 is 17.1 Å². The molecule has 0 aromatic carbocycles. The number of carboxylic acid groups (broad SMARTS) is 2. The van der Waals surface area contributed by atoms with Crippen LogP contribution in [0.25, 0.3) is 0 Å². The molecule has 0 rings (SSSR count). The van der Waals surface area contributed by atoms with Crippen molar-refractivity contribution < 1.29 is 47.1 Å². The Kier molecular flexibility index (Phi) is 132. The summed E-state index contributed by atoms with van der Waals surface area (Å²) in [5, 5.41) is 33.0. The molecule has 0 fully saturated rings. The summed E-state index contributed by atoms with van der Waals surface area (Å²) in [5.41, 5.74) is 0. The van der Waals surface area contributed by atoms with Gasteiger partial charge in [-0.2, -0.15) is 0 Å². The van der Waals surface area contributed by atoms with E-state index in [9.17, 15) is 0 Å². The maximum Gasteiger partial charge on any atom is 2.00 e. The number of rotatable bonds is 2. The van der Waals surface area contributed by atoms with Crippen LogP contribution in [0.4, 0.5) is 0 Å². The number of carbonyl (C=O) groups is 2. The zero-order chi connectivity index (χ0) is 14.6. The number of aliphatic hydroxyl groups is 2. The van der Waals surface area contributed by atoms with Crippen LogP contribution < -0.4 is 10.2 Å². The minimum atomic E-state index is -1.44. The minimum absolute atomic E-state index is 0. The van der Waals surface area contributed by atoms with Crippen molar-refractivity contribution in [1.82, 2.24) is 0 Å². The number of carboxylic acids is 2. The first-order valence-corrected chi connectivity index (χ1v) is 3.66. The van der Waals surface area contributed by atoms with E-state index in [0.717, 1.165) is 0 Å². The summed E-state index contributed by atoms with van der Waals surface area (Å²) in [7, 11) is 0. The SMILES string of the molecule is C=C.C=C.C=C.O=C([O-])CO.O=C([O-])CO.[Cu+2]. The van der Waals surface area contributed by atoms with Crippen LogP contribution >= 0.6 is 0 Å². The summed E-state index contributed by atoms with van der Waals surface area (Å²) < 4.78 is 0. The Hall–Kier alpha value is -1.40. The van der Waals surface area contributed by atoms with Crippen molar-refractivity contribution in [3.05, 3.63) is 39.5 Å². The molecule has 2 N–H and O–H groups in total. The molecule has 0 aliphatic rings. The first-order valence-electron chi connectivity index (χ1n) is 3.66. The number of aliphatic carboxylic acids is 2. The molecule has 1 radical (unpaired) electrons. The second kappa shape index (κ2) is 62.0. The van der Waals surface area contributed by atoms with Gasteiger partial charge in [-0.05, 0) is 0 Å². The minimum Gasteiger partial charge on any atom is -0.548 e. The molecule has 0 saturated carbocycles. The summed E-state index contributed by atoms with van der Waals surface area (Å²) in [5.74, 6) is -2.88. The van der Waals surface area contributed by atoms with Crippen molar-refractivity contribution in [2.75, 3.05) is 13.2 Å². The van der Waals surface area contributed by atoms with Crippen molar-refractivity contribution in [1.29, 1.82) is 0 Å². The van der Waals surface area contributed by atoms with Crippen molar-refractivity contribution in [2.45, 2.75) is 0 Å². The average Bonchev–Trinajstić information content (AvgIpc) is 2.37. The van der Waals surface area contributed by atoms with E-state index in [2.05, 4.69) is 39.5 Å². The molecule has 0 unspecified atom stereocenters. The van der Waals surface area contributed by atoms with Crippen LogP contribution in [-0.2, 0) is 26.7 Å². The zero-order valence-electron chi connectivity index (χ0n) is 9.49. The molecule has 0 aliphatic heterocycles. The van der Waals surface area contributed by atoms with Gasteiger partial charge < -0.3 is 30.0 Å². The molecule has 0 atom stereocenters. The topological polar surface area (TPSA) is 121 Å². The standard InChI is InChI=1S/2C2H4O3.3C2H4.Cu/c2*3-1-2(4)5;3*1-2;/h2*3H,1H2,(H,4,5);3*1-2H2;/q;;;;;+2/p-2. The van der Waals surface area contributed by atoms with Gasteiger partial charge in [0, 0.05) is 0 Å². The van der Waals surface area contributed by atoms with Crippen molar-refractivity contribution in [3.63, 3.8) is 0 Å². The van der Waals surface area contributed by atoms with Crippen molar-refractivity contribution in [3.8, 4) is 0 Å². The molecule has 0 amide bonds. The summed E-state index contributed by atoms with van der Waals surface area (Å²) >= 11 is 0. The van der Waals surface area contributed by atoms with Gasteiger partial charge in [-0.15, -0.1) is 39.5 Å². The predicted octanol–water partition coefficient (Wildman–Crippen LogP) is -2.14. The summed E-state index contributed by atoms with van der Waals surface area (Å²) in [6.07, 6.45) is 0. The predicted molar refractivity (Wildman–Crippen MR) is 57.9 cm³/mol. The fraction of sp³-hybridized carbons (Fsp3) is 0.200. The molecular formula is C10H18CuO6. The molecule has 0 bridgehead atoms. The van der Waals surface area contributed by atoms with Crippen LogP contribution in [0.15, 0.2) is 39.5 Å². The first-order chi connectivity index (χ1) is 7.54. The molecule has 0 spiro atoms. The van der Waals surface area contributed by atoms with Gasteiger partial charge in [0.15, 0.2) is 0 Å². The Balaban J connectivity index is -0.0000000238. The van der Waals surface area contributed by atoms with Crippen LogP contribution in [0.2, 0.25) is 0 Å². The van der Waals surface area contributed by atoms with Gasteiger partial charge in [-0.25, -0.2) is 0 Å². The molecule has 6 nitrogen and oxygen atoms in total. The van der Waals surface area contributed by atoms with E-state index in [1.807, 2.05) is 0 Å². The largest absolute Gasteiger partial charge is 2.00 e. The fourth-order valence-electron chi connectivity index (χ4n) is 0. The quantitative estimate of drug-likeness (QED) is 0.443. The Morgan fingerprint density at radius 1 is 0.765 bits per heavy atom. The second-order valence-corrected chi connectivity index (χ2v) is 1.06. The third-order valence-corrected chi connectivity index (χ3v) is 0.258. The monoisotopic (exact) mass is 297 g/mol. The van der Waals surface area contributed by atoms with E-state index in [4.69, 9.17) is 30.0 Å². The van der Waals surface area contributed by atoms with Gasteiger partial charge in [0.25, 0.3) is 0 Å². The van der Waals surface area contributed by atoms with Gasteiger partial charge in [0.1, 0.15) is 0 Å².